The molecule has 1 aromatic heterocycles. The number of piperazine rings is 1. The van der Waals surface area contributed by atoms with Gasteiger partial charge in [-0.25, -0.2) is 0 Å². The normalized spacial score (nSPS) is 21.5. The van der Waals surface area contributed by atoms with Crippen molar-refractivity contribution in [3.05, 3.63) is 101 Å². The standard InChI is InChI=1S/C27H23N3O3/c31-18-24-26(21-13-11-20(12-14-21)10-9-19-6-2-1-3-7-19)23-16-29(17-25(32)30(23)24)27(33)22-8-4-5-15-28-22/h1-8,11-15,23-24,26,31H,16-18H2/t23-,24-,26-/m0/s1. The van der Waals surface area contributed by atoms with E-state index in [4.69, 9.17) is 0 Å². The van der Waals surface area contributed by atoms with Gasteiger partial charge < -0.3 is 14.9 Å². The van der Waals surface area contributed by atoms with Crippen molar-refractivity contribution >= 4 is 11.8 Å². The molecule has 0 unspecified atom stereocenters. The molecule has 2 amide bonds. The molecular weight excluding hydrogens is 414 g/mol. The minimum atomic E-state index is -0.282. The first kappa shape index (κ1) is 20.9. The van der Waals surface area contributed by atoms with Crippen LogP contribution in [0.15, 0.2) is 79.0 Å². The van der Waals surface area contributed by atoms with E-state index in [2.05, 4.69) is 16.8 Å². The summed E-state index contributed by atoms with van der Waals surface area (Å²) in [5, 5.41) is 9.99. The SMILES string of the molecule is O=C(c1ccccn1)N1CC(=O)N2[C@@H](CO)[C@@H](c3ccc(C#Cc4ccccc4)cc3)[C@@H]2C1. The van der Waals surface area contributed by atoms with Crippen LogP contribution in [0.4, 0.5) is 0 Å². The fourth-order valence-electron chi connectivity index (χ4n) is 4.76. The monoisotopic (exact) mass is 437 g/mol. The van der Waals surface area contributed by atoms with Gasteiger partial charge in [-0.2, -0.15) is 0 Å². The number of aliphatic hydroxyl groups excluding tert-OH is 1. The minimum Gasteiger partial charge on any atom is -0.394 e. The third kappa shape index (κ3) is 3.99. The number of carbonyl (C=O) groups excluding carboxylic acids is 2. The highest BCUT2D eigenvalue weighted by Crippen LogP contribution is 2.43. The quantitative estimate of drug-likeness (QED) is 0.638. The van der Waals surface area contributed by atoms with E-state index in [1.807, 2.05) is 54.6 Å². The predicted molar refractivity (Wildman–Crippen MR) is 123 cm³/mol. The smallest absolute Gasteiger partial charge is 0.272 e. The van der Waals surface area contributed by atoms with Crippen molar-refractivity contribution in [2.24, 2.45) is 0 Å². The number of aliphatic hydroxyl groups is 1. The molecule has 5 rings (SSSR count). The molecule has 0 saturated carbocycles. The number of pyridine rings is 1. The highest BCUT2D eigenvalue weighted by molar-refractivity contribution is 5.96. The van der Waals surface area contributed by atoms with Gasteiger partial charge in [0.15, 0.2) is 0 Å². The third-order valence-electron chi connectivity index (χ3n) is 6.34. The second-order valence-corrected chi connectivity index (χ2v) is 8.28. The lowest BCUT2D eigenvalue weighted by Crippen LogP contribution is -2.73. The number of hydrogen-bond acceptors (Lipinski definition) is 4. The molecule has 6 nitrogen and oxygen atoms in total. The van der Waals surface area contributed by atoms with Crippen LogP contribution in [0.3, 0.4) is 0 Å². The summed E-state index contributed by atoms with van der Waals surface area (Å²) < 4.78 is 0. The summed E-state index contributed by atoms with van der Waals surface area (Å²) in [4.78, 5) is 33.1. The van der Waals surface area contributed by atoms with Crippen molar-refractivity contribution in [1.29, 1.82) is 0 Å². The van der Waals surface area contributed by atoms with Crippen LogP contribution in [-0.4, -0.2) is 63.5 Å². The highest BCUT2D eigenvalue weighted by Gasteiger charge is 2.54. The molecule has 0 bridgehead atoms. The zero-order chi connectivity index (χ0) is 22.8. The Hall–Kier alpha value is -3.95. The Kier molecular flexibility index (Phi) is 5.64. The Morgan fingerprint density at radius 2 is 1.67 bits per heavy atom. The molecule has 2 saturated heterocycles. The van der Waals surface area contributed by atoms with Gasteiger partial charge in [-0.1, -0.05) is 48.2 Å². The summed E-state index contributed by atoms with van der Waals surface area (Å²) in [6.45, 7) is 0.303. The molecule has 0 aliphatic carbocycles. The fraction of sp³-hybridized carbons (Fsp3) is 0.222. The average Bonchev–Trinajstić information content (AvgIpc) is 2.85. The first-order valence-corrected chi connectivity index (χ1v) is 10.9. The van der Waals surface area contributed by atoms with E-state index < -0.39 is 0 Å². The molecule has 2 aliphatic rings. The van der Waals surface area contributed by atoms with Crippen LogP contribution in [0.2, 0.25) is 0 Å². The molecule has 3 heterocycles. The number of amides is 2. The van der Waals surface area contributed by atoms with Gasteiger partial charge in [0.25, 0.3) is 5.91 Å². The van der Waals surface area contributed by atoms with Gasteiger partial charge in [0.05, 0.1) is 18.7 Å². The number of rotatable bonds is 3. The Bertz CT molecular complexity index is 1220. The largest absolute Gasteiger partial charge is 0.394 e. The number of benzene rings is 2. The van der Waals surface area contributed by atoms with Crippen LogP contribution in [0.1, 0.15) is 33.1 Å². The van der Waals surface area contributed by atoms with Crippen LogP contribution < -0.4 is 0 Å². The van der Waals surface area contributed by atoms with E-state index in [-0.39, 0.29) is 43.0 Å². The van der Waals surface area contributed by atoms with E-state index >= 15 is 0 Å². The zero-order valence-electron chi connectivity index (χ0n) is 18.0. The number of carbonyl (C=O) groups is 2. The van der Waals surface area contributed by atoms with Crippen LogP contribution >= 0.6 is 0 Å². The Labute approximate surface area is 192 Å². The van der Waals surface area contributed by atoms with Gasteiger partial charge in [0.1, 0.15) is 12.2 Å². The molecule has 33 heavy (non-hydrogen) atoms. The van der Waals surface area contributed by atoms with E-state index in [0.29, 0.717) is 12.2 Å². The molecular formula is C27H23N3O3. The molecule has 2 fully saturated rings. The average molecular weight is 437 g/mol. The van der Waals surface area contributed by atoms with Crippen molar-refractivity contribution in [2.45, 2.75) is 18.0 Å². The second kappa shape index (κ2) is 8.89. The molecule has 0 radical (unpaired) electrons. The maximum absolute atomic E-state index is 12.9. The molecule has 2 aromatic carbocycles. The minimum absolute atomic E-state index is 0.00312. The van der Waals surface area contributed by atoms with Crippen LogP contribution in [0, 0.1) is 11.8 Å². The van der Waals surface area contributed by atoms with E-state index in [9.17, 15) is 14.7 Å². The summed E-state index contributed by atoms with van der Waals surface area (Å²) in [7, 11) is 0. The molecule has 3 aromatic rings. The maximum Gasteiger partial charge on any atom is 0.272 e. The number of hydrogen-bond donors (Lipinski definition) is 1. The van der Waals surface area contributed by atoms with Crippen LogP contribution in [0.25, 0.3) is 0 Å². The summed E-state index contributed by atoms with van der Waals surface area (Å²) >= 11 is 0. The van der Waals surface area contributed by atoms with Gasteiger partial charge in [0.2, 0.25) is 5.91 Å². The van der Waals surface area contributed by atoms with Crippen LogP contribution in [-0.2, 0) is 4.79 Å². The van der Waals surface area contributed by atoms with Gasteiger partial charge >= 0.3 is 0 Å². The second-order valence-electron chi connectivity index (χ2n) is 8.28. The first-order chi connectivity index (χ1) is 16.2. The van der Waals surface area contributed by atoms with Gasteiger partial charge in [-0.15, -0.1) is 0 Å². The predicted octanol–water partition coefficient (Wildman–Crippen LogP) is 2.29. The molecule has 1 N–H and O–H groups in total. The lowest BCUT2D eigenvalue weighted by Gasteiger charge is -2.58. The Morgan fingerprint density at radius 1 is 0.970 bits per heavy atom. The molecule has 0 spiro atoms. The van der Waals surface area contributed by atoms with E-state index in [1.165, 1.54) is 0 Å². The summed E-state index contributed by atoms with van der Waals surface area (Å²) in [6.07, 6.45) is 1.57. The highest BCUT2D eigenvalue weighted by atomic mass is 16.3. The molecule has 6 heteroatoms. The van der Waals surface area contributed by atoms with Crippen molar-refractivity contribution in [2.75, 3.05) is 19.7 Å². The first-order valence-electron chi connectivity index (χ1n) is 10.9. The van der Waals surface area contributed by atoms with Crippen LogP contribution in [0.5, 0.6) is 0 Å². The summed E-state index contributed by atoms with van der Waals surface area (Å²) in [6, 6.07) is 22.5. The summed E-state index contributed by atoms with van der Waals surface area (Å²) in [5.74, 6) is 5.88. The number of fused-ring (bicyclic) bond motifs is 1. The fourth-order valence-corrected chi connectivity index (χ4v) is 4.76. The Morgan fingerprint density at radius 3 is 2.33 bits per heavy atom. The lowest BCUT2D eigenvalue weighted by molar-refractivity contribution is -0.159. The third-order valence-corrected chi connectivity index (χ3v) is 6.34. The zero-order valence-corrected chi connectivity index (χ0v) is 18.0. The lowest BCUT2D eigenvalue weighted by atomic mass is 9.73. The Balaban J connectivity index is 1.35. The van der Waals surface area contributed by atoms with Crippen molar-refractivity contribution in [3.63, 3.8) is 0 Å². The summed E-state index contributed by atoms with van der Waals surface area (Å²) in [5.41, 5.74) is 3.20. The van der Waals surface area contributed by atoms with Gasteiger partial charge in [-0.3, -0.25) is 14.6 Å². The molecule has 3 atom stereocenters. The van der Waals surface area contributed by atoms with Crippen molar-refractivity contribution in [3.8, 4) is 11.8 Å². The maximum atomic E-state index is 12.9. The van der Waals surface area contributed by atoms with Crippen molar-refractivity contribution < 1.29 is 14.7 Å². The van der Waals surface area contributed by atoms with E-state index in [0.717, 1.165) is 16.7 Å². The topological polar surface area (TPSA) is 73.7 Å². The number of aromatic nitrogens is 1. The molecule has 164 valence electrons. The molecule has 2 aliphatic heterocycles. The van der Waals surface area contributed by atoms with E-state index in [1.54, 1.807) is 34.2 Å². The van der Waals surface area contributed by atoms with Crippen molar-refractivity contribution in [1.82, 2.24) is 14.8 Å². The van der Waals surface area contributed by atoms with Gasteiger partial charge in [0, 0.05) is 29.8 Å². The number of nitrogens with zero attached hydrogens (tertiary/aromatic N) is 3. The van der Waals surface area contributed by atoms with Gasteiger partial charge in [-0.05, 0) is 42.0 Å².